The van der Waals surface area contributed by atoms with Crippen LogP contribution in [0.25, 0.3) is 0 Å². The minimum atomic E-state index is -0.832. The molecule has 0 aliphatic heterocycles. The number of hydrogen-bond donors (Lipinski definition) is 2. The molecule has 2 N–H and O–H groups in total. The van der Waals surface area contributed by atoms with Gasteiger partial charge in [-0.2, -0.15) is 0 Å². The molecule has 5 nitrogen and oxygen atoms in total. The molecule has 2 aliphatic rings. The first-order valence-electron chi connectivity index (χ1n) is 7.17. The van der Waals surface area contributed by atoms with Gasteiger partial charge in [0.15, 0.2) is 0 Å². The van der Waals surface area contributed by atoms with Gasteiger partial charge in [-0.1, -0.05) is 12.8 Å². The van der Waals surface area contributed by atoms with Crippen LogP contribution in [0.15, 0.2) is 0 Å². The number of carboxylic acids is 1. The molecule has 0 radical (unpaired) electrons. The second-order valence-corrected chi connectivity index (χ2v) is 5.71. The van der Waals surface area contributed by atoms with Gasteiger partial charge in [-0.05, 0) is 32.1 Å². The van der Waals surface area contributed by atoms with Crippen molar-refractivity contribution in [1.82, 2.24) is 5.32 Å². The highest BCUT2D eigenvalue weighted by molar-refractivity contribution is 5.85. The van der Waals surface area contributed by atoms with Gasteiger partial charge >= 0.3 is 5.97 Å². The molecule has 5 heteroatoms. The number of carbonyl (C=O) groups is 2. The largest absolute Gasteiger partial charge is 0.481 e. The molecule has 2 rings (SSSR count). The highest BCUT2D eigenvalue weighted by Gasteiger charge is 2.37. The van der Waals surface area contributed by atoms with E-state index in [0.29, 0.717) is 12.8 Å². The molecule has 2 unspecified atom stereocenters. The van der Waals surface area contributed by atoms with Gasteiger partial charge in [-0.3, -0.25) is 9.59 Å². The van der Waals surface area contributed by atoms with Crippen LogP contribution in [-0.4, -0.2) is 36.2 Å². The molecule has 0 spiro atoms. The summed E-state index contributed by atoms with van der Waals surface area (Å²) in [7, 11) is 1.69. The van der Waals surface area contributed by atoms with E-state index in [1.54, 1.807) is 7.11 Å². The Kier molecular flexibility index (Phi) is 4.80. The summed E-state index contributed by atoms with van der Waals surface area (Å²) < 4.78 is 5.28. The Labute approximate surface area is 113 Å². The lowest BCUT2D eigenvalue weighted by Gasteiger charge is -2.28. The Balaban J connectivity index is 1.89. The molecule has 2 saturated carbocycles. The van der Waals surface area contributed by atoms with E-state index >= 15 is 0 Å². The van der Waals surface area contributed by atoms with E-state index in [1.165, 1.54) is 0 Å². The zero-order valence-corrected chi connectivity index (χ0v) is 11.4. The molecule has 0 heterocycles. The van der Waals surface area contributed by atoms with E-state index in [0.717, 1.165) is 32.1 Å². The van der Waals surface area contributed by atoms with Gasteiger partial charge in [0.2, 0.25) is 5.91 Å². The number of carboxylic acid groups (broad SMARTS) is 1. The molecule has 0 aromatic carbocycles. The van der Waals surface area contributed by atoms with Gasteiger partial charge in [0.1, 0.15) is 0 Å². The zero-order valence-electron chi connectivity index (χ0n) is 11.4. The van der Waals surface area contributed by atoms with Crippen LogP contribution in [0.3, 0.4) is 0 Å². The van der Waals surface area contributed by atoms with E-state index < -0.39 is 11.9 Å². The molecule has 108 valence electrons. The van der Waals surface area contributed by atoms with Crippen LogP contribution < -0.4 is 5.32 Å². The van der Waals surface area contributed by atoms with Crippen molar-refractivity contribution in [2.75, 3.05) is 7.11 Å². The second kappa shape index (κ2) is 6.37. The Hall–Kier alpha value is -1.10. The second-order valence-electron chi connectivity index (χ2n) is 5.71. The number of rotatable bonds is 4. The Morgan fingerprint density at radius 2 is 1.79 bits per heavy atom. The molecule has 0 bridgehead atoms. The number of amides is 1. The third kappa shape index (κ3) is 3.47. The van der Waals surface area contributed by atoms with Crippen LogP contribution in [0.5, 0.6) is 0 Å². The van der Waals surface area contributed by atoms with Gasteiger partial charge in [-0.15, -0.1) is 0 Å². The quantitative estimate of drug-likeness (QED) is 0.812. The van der Waals surface area contributed by atoms with Crippen molar-refractivity contribution < 1.29 is 19.4 Å². The number of ether oxygens (including phenoxy) is 1. The third-order valence-electron chi connectivity index (χ3n) is 4.48. The van der Waals surface area contributed by atoms with Crippen molar-refractivity contribution in [2.24, 2.45) is 11.8 Å². The standard InChI is InChI=1S/C14H23NO4/c1-19-10-7-6-9(8-10)15-13(16)11-4-2-3-5-12(11)14(17)18/h9-12H,2-8H2,1H3,(H,15,16)(H,17,18)/t9?,10?,11-,12+/m1/s1. The molecule has 2 aliphatic carbocycles. The maximum absolute atomic E-state index is 12.2. The molecular weight excluding hydrogens is 246 g/mol. The predicted molar refractivity (Wildman–Crippen MR) is 69.7 cm³/mol. The highest BCUT2D eigenvalue weighted by atomic mass is 16.5. The molecule has 19 heavy (non-hydrogen) atoms. The van der Waals surface area contributed by atoms with Crippen LogP contribution in [0.2, 0.25) is 0 Å². The van der Waals surface area contributed by atoms with Gasteiger partial charge in [-0.25, -0.2) is 0 Å². The van der Waals surface area contributed by atoms with Crippen molar-refractivity contribution in [1.29, 1.82) is 0 Å². The van der Waals surface area contributed by atoms with Crippen molar-refractivity contribution in [2.45, 2.75) is 57.1 Å². The zero-order chi connectivity index (χ0) is 13.8. The van der Waals surface area contributed by atoms with Gasteiger partial charge in [0.25, 0.3) is 0 Å². The minimum Gasteiger partial charge on any atom is -0.481 e. The van der Waals surface area contributed by atoms with Crippen molar-refractivity contribution in [3.05, 3.63) is 0 Å². The van der Waals surface area contributed by atoms with Crippen LogP contribution in [-0.2, 0) is 14.3 Å². The summed E-state index contributed by atoms with van der Waals surface area (Å²) >= 11 is 0. The van der Waals surface area contributed by atoms with Crippen molar-refractivity contribution >= 4 is 11.9 Å². The van der Waals surface area contributed by atoms with Gasteiger partial charge in [0, 0.05) is 13.2 Å². The number of carbonyl (C=O) groups excluding carboxylic acids is 1. The molecule has 1 amide bonds. The maximum Gasteiger partial charge on any atom is 0.307 e. The predicted octanol–water partition coefficient (Wildman–Crippen LogP) is 1.56. The van der Waals surface area contributed by atoms with E-state index in [-0.39, 0.29) is 24.0 Å². The maximum atomic E-state index is 12.2. The Morgan fingerprint density at radius 3 is 2.37 bits per heavy atom. The average Bonchev–Trinajstić information content (AvgIpc) is 2.86. The third-order valence-corrected chi connectivity index (χ3v) is 4.48. The van der Waals surface area contributed by atoms with Crippen molar-refractivity contribution in [3.63, 3.8) is 0 Å². The molecule has 2 fully saturated rings. The molecule has 0 aromatic heterocycles. The van der Waals surface area contributed by atoms with Crippen LogP contribution in [0.1, 0.15) is 44.9 Å². The van der Waals surface area contributed by atoms with Crippen LogP contribution >= 0.6 is 0 Å². The summed E-state index contributed by atoms with van der Waals surface area (Å²) in [5.41, 5.74) is 0. The van der Waals surface area contributed by atoms with Crippen LogP contribution in [0, 0.1) is 11.8 Å². The first-order valence-corrected chi connectivity index (χ1v) is 7.17. The summed E-state index contributed by atoms with van der Waals surface area (Å²) in [6, 6.07) is 0.147. The van der Waals surface area contributed by atoms with E-state index in [4.69, 9.17) is 4.74 Å². The lowest BCUT2D eigenvalue weighted by atomic mass is 9.78. The Bertz CT molecular complexity index is 344. The SMILES string of the molecule is COC1CCC(NC(=O)[C@@H]2CCCC[C@@H]2C(=O)O)C1. The van der Waals surface area contributed by atoms with E-state index in [9.17, 15) is 14.7 Å². The minimum absolute atomic E-state index is 0.0751. The molecule has 0 saturated heterocycles. The van der Waals surface area contributed by atoms with Crippen LogP contribution in [0.4, 0.5) is 0 Å². The highest BCUT2D eigenvalue weighted by Crippen LogP contribution is 2.31. The number of aliphatic carboxylic acids is 1. The van der Waals surface area contributed by atoms with E-state index in [1.807, 2.05) is 0 Å². The Morgan fingerprint density at radius 1 is 1.11 bits per heavy atom. The molecule has 4 atom stereocenters. The van der Waals surface area contributed by atoms with Crippen molar-refractivity contribution in [3.8, 4) is 0 Å². The smallest absolute Gasteiger partial charge is 0.307 e. The fraction of sp³-hybridized carbons (Fsp3) is 0.857. The summed E-state index contributed by atoms with van der Waals surface area (Å²) in [5, 5.41) is 12.2. The number of methoxy groups -OCH3 is 1. The summed E-state index contributed by atoms with van der Waals surface area (Å²) in [4.78, 5) is 23.5. The fourth-order valence-electron chi connectivity index (χ4n) is 3.33. The fourth-order valence-corrected chi connectivity index (χ4v) is 3.33. The molecule has 0 aromatic rings. The number of hydrogen-bond acceptors (Lipinski definition) is 3. The summed E-state index contributed by atoms with van der Waals surface area (Å²) in [6.07, 6.45) is 6.15. The average molecular weight is 269 g/mol. The lowest BCUT2D eigenvalue weighted by Crippen LogP contribution is -2.43. The van der Waals surface area contributed by atoms with Gasteiger partial charge in [0.05, 0.1) is 17.9 Å². The lowest BCUT2D eigenvalue weighted by molar-refractivity contribution is -0.149. The summed E-state index contributed by atoms with van der Waals surface area (Å²) in [5.74, 6) is -1.77. The van der Waals surface area contributed by atoms with E-state index in [2.05, 4.69) is 5.32 Å². The first-order chi connectivity index (χ1) is 9.11. The topological polar surface area (TPSA) is 75.6 Å². The molecular formula is C14H23NO4. The summed E-state index contributed by atoms with van der Waals surface area (Å²) in [6.45, 7) is 0. The first kappa shape index (κ1) is 14.3. The number of nitrogens with one attached hydrogen (secondary N) is 1. The normalized spacial score (nSPS) is 35.0. The van der Waals surface area contributed by atoms with Gasteiger partial charge < -0.3 is 15.2 Å². The monoisotopic (exact) mass is 269 g/mol.